The number of hydrogen-bond acceptors (Lipinski definition) is 3. The van der Waals surface area contributed by atoms with Gasteiger partial charge in [-0.2, -0.15) is 13.2 Å². The van der Waals surface area contributed by atoms with Gasteiger partial charge in [-0.1, -0.05) is 12.1 Å². The number of nitrogens with one attached hydrogen (secondary N) is 2. The van der Waals surface area contributed by atoms with E-state index in [0.717, 1.165) is 37.7 Å². The Bertz CT molecular complexity index is 1210. The Balaban J connectivity index is 1.71. The number of rotatable bonds is 3. The third-order valence-corrected chi connectivity index (χ3v) is 5.57. The molecule has 1 aliphatic heterocycles. The molecule has 4 rings (SSSR count). The second-order valence-corrected chi connectivity index (χ2v) is 7.58. The van der Waals surface area contributed by atoms with Gasteiger partial charge in [0.2, 0.25) is 0 Å². The number of aryl methyl sites for hydroxylation is 2. The van der Waals surface area contributed by atoms with Gasteiger partial charge >= 0.3 is 17.9 Å². The molecule has 0 unspecified atom stereocenters. The van der Waals surface area contributed by atoms with Crippen molar-refractivity contribution in [2.75, 3.05) is 28.6 Å². The van der Waals surface area contributed by atoms with Crippen molar-refractivity contribution in [1.29, 1.82) is 0 Å². The Morgan fingerprint density at radius 2 is 1.52 bits per heavy atom. The minimum atomic E-state index is -4.59. The van der Waals surface area contributed by atoms with E-state index in [9.17, 15) is 22.8 Å². The van der Waals surface area contributed by atoms with Crippen molar-refractivity contribution in [3.05, 3.63) is 52.4 Å². The fourth-order valence-corrected chi connectivity index (χ4v) is 3.97. The lowest BCUT2D eigenvalue weighted by Gasteiger charge is -2.22. The van der Waals surface area contributed by atoms with Crippen molar-refractivity contribution in [3.8, 4) is 0 Å². The highest BCUT2D eigenvalue weighted by molar-refractivity contribution is 6.04. The van der Waals surface area contributed by atoms with Crippen LogP contribution in [0.25, 0.3) is 11.0 Å². The van der Waals surface area contributed by atoms with Crippen LogP contribution in [0.5, 0.6) is 0 Å². The molecule has 2 amide bonds. The van der Waals surface area contributed by atoms with E-state index in [-0.39, 0.29) is 11.4 Å². The van der Waals surface area contributed by atoms with E-state index in [1.54, 1.807) is 20.2 Å². The predicted molar refractivity (Wildman–Crippen MR) is 114 cm³/mol. The Kier molecular flexibility index (Phi) is 5.16. The zero-order valence-electron chi connectivity index (χ0n) is 17.1. The summed E-state index contributed by atoms with van der Waals surface area (Å²) >= 11 is 0. The highest BCUT2D eigenvalue weighted by atomic mass is 19.4. The number of benzene rings is 2. The van der Waals surface area contributed by atoms with E-state index in [0.29, 0.717) is 16.7 Å². The van der Waals surface area contributed by atoms with Gasteiger partial charge in [0, 0.05) is 27.2 Å². The molecule has 1 aliphatic rings. The van der Waals surface area contributed by atoms with Crippen LogP contribution >= 0.6 is 0 Å². The third-order valence-electron chi connectivity index (χ3n) is 5.57. The number of imidazole rings is 1. The smallest absolute Gasteiger partial charge is 0.370 e. The molecule has 2 aromatic carbocycles. The van der Waals surface area contributed by atoms with Crippen molar-refractivity contribution in [2.24, 2.45) is 14.1 Å². The molecule has 0 saturated carbocycles. The fraction of sp³-hybridized carbons (Fsp3) is 0.333. The summed E-state index contributed by atoms with van der Waals surface area (Å²) in [5.74, 6) is 0. The minimum Gasteiger partial charge on any atom is -0.370 e. The number of carbonyl (C=O) groups excluding carboxylic acids is 1. The zero-order chi connectivity index (χ0) is 22.3. The van der Waals surface area contributed by atoms with Crippen LogP contribution in [0.3, 0.4) is 0 Å². The number of alkyl halides is 3. The molecule has 164 valence electrons. The summed E-state index contributed by atoms with van der Waals surface area (Å²) in [6.45, 7) is 1.58. The number of aromatic nitrogens is 2. The van der Waals surface area contributed by atoms with E-state index >= 15 is 0 Å². The monoisotopic (exact) mass is 433 g/mol. The van der Waals surface area contributed by atoms with Gasteiger partial charge in [0.25, 0.3) is 0 Å². The summed E-state index contributed by atoms with van der Waals surface area (Å²) in [5.41, 5.74) is 1.02. The number of fused-ring (bicyclic) bond motifs is 1. The van der Waals surface area contributed by atoms with Crippen molar-refractivity contribution < 1.29 is 18.0 Å². The normalized spacial score (nSPS) is 14.3. The molecule has 1 aromatic heterocycles. The second kappa shape index (κ2) is 7.68. The first-order chi connectivity index (χ1) is 14.7. The number of amides is 2. The van der Waals surface area contributed by atoms with Gasteiger partial charge in [0.1, 0.15) is 0 Å². The fourth-order valence-electron chi connectivity index (χ4n) is 3.97. The van der Waals surface area contributed by atoms with E-state index < -0.39 is 17.8 Å². The molecule has 0 spiro atoms. The Hall–Kier alpha value is -3.43. The van der Waals surface area contributed by atoms with E-state index in [2.05, 4.69) is 15.5 Å². The van der Waals surface area contributed by atoms with Crippen molar-refractivity contribution in [1.82, 2.24) is 9.13 Å². The number of carbonyl (C=O) groups is 1. The number of halogens is 3. The van der Waals surface area contributed by atoms with Crippen LogP contribution in [0, 0.1) is 0 Å². The molecular formula is C21H22F3N5O2. The SMILES string of the molecule is Cn1c(=O)n(C)c2cc(N3CCCC3)c(NC(=O)Nc3ccccc3C(F)(F)F)cc21. The van der Waals surface area contributed by atoms with Crippen molar-refractivity contribution >= 4 is 34.1 Å². The maximum absolute atomic E-state index is 13.2. The molecule has 0 radical (unpaired) electrons. The quantitative estimate of drug-likeness (QED) is 0.652. The van der Waals surface area contributed by atoms with Crippen LogP contribution in [0.15, 0.2) is 41.2 Å². The number of urea groups is 1. The lowest BCUT2D eigenvalue weighted by Crippen LogP contribution is -2.25. The predicted octanol–water partition coefficient (Wildman–Crippen LogP) is 4.14. The summed E-state index contributed by atoms with van der Waals surface area (Å²) in [4.78, 5) is 27.1. The molecule has 1 saturated heterocycles. The molecule has 7 nitrogen and oxygen atoms in total. The molecule has 2 heterocycles. The van der Waals surface area contributed by atoms with Crippen LogP contribution in [0.2, 0.25) is 0 Å². The lowest BCUT2D eigenvalue weighted by molar-refractivity contribution is -0.136. The number of hydrogen-bond donors (Lipinski definition) is 2. The van der Waals surface area contributed by atoms with Crippen LogP contribution in [-0.2, 0) is 20.3 Å². The maximum Gasteiger partial charge on any atom is 0.418 e. The summed E-state index contributed by atoms with van der Waals surface area (Å²) in [5, 5.41) is 4.98. The Morgan fingerprint density at radius 1 is 0.935 bits per heavy atom. The van der Waals surface area contributed by atoms with Crippen LogP contribution in [-0.4, -0.2) is 28.3 Å². The standard InChI is InChI=1S/C21H22F3N5O2/c1-27-17-11-15(16(29-9-5-6-10-29)12-18(17)28(2)20(27)31)26-19(30)25-14-8-4-3-7-13(14)21(22,23)24/h3-4,7-8,11-12H,5-6,9-10H2,1-2H3,(H2,25,26,30). The average molecular weight is 433 g/mol. The lowest BCUT2D eigenvalue weighted by atomic mass is 10.1. The highest BCUT2D eigenvalue weighted by Crippen LogP contribution is 2.36. The topological polar surface area (TPSA) is 71.3 Å². The van der Waals surface area contributed by atoms with Crippen LogP contribution in [0.1, 0.15) is 18.4 Å². The van der Waals surface area contributed by atoms with E-state index in [1.807, 2.05) is 6.07 Å². The van der Waals surface area contributed by atoms with Crippen LogP contribution < -0.4 is 21.2 Å². The molecule has 0 bridgehead atoms. The molecule has 31 heavy (non-hydrogen) atoms. The van der Waals surface area contributed by atoms with Gasteiger partial charge in [-0.3, -0.25) is 9.13 Å². The first kappa shape index (κ1) is 20.8. The highest BCUT2D eigenvalue weighted by Gasteiger charge is 2.33. The zero-order valence-corrected chi connectivity index (χ0v) is 17.1. The van der Waals surface area contributed by atoms with Gasteiger partial charge in [-0.15, -0.1) is 0 Å². The summed E-state index contributed by atoms with van der Waals surface area (Å²) < 4.78 is 42.7. The Morgan fingerprint density at radius 3 is 2.16 bits per heavy atom. The molecule has 0 atom stereocenters. The molecule has 0 aliphatic carbocycles. The number of para-hydroxylation sites is 1. The molecule has 1 fully saturated rings. The van der Waals surface area contributed by atoms with Crippen molar-refractivity contribution in [3.63, 3.8) is 0 Å². The van der Waals surface area contributed by atoms with Gasteiger partial charge in [0.05, 0.1) is 33.7 Å². The first-order valence-electron chi connectivity index (χ1n) is 9.85. The van der Waals surface area contributed by atoms with E-state index in [1.165, 1.54) is 27.3 Å². The largest absolute Gasteiger partial charge is 0.418 e. The molecule has 10 heteroatoms. The van der Waals surface area contributed by atoms with Gasteiger partial charge in [0.15, 0.2) is 0 Å². The molecular weight excluding hydrogens is 411 g/mol. The summed E-state index contributed by atoms with van der Waals surface area (Å²) in [7, 11) is 3.30. The van der Waals surface area contributed by atoms with Gasteiger partial charge < -0.3 is 15.5 Å². The minimum absolute atomic E-state index is 0.205. The first-order valence-corrected chi connectivity index (χ1v) is 9.85. The number of nitrogens with zero attached hydrogens (tertiary/aromatic N) is 3. The van der Waals surface area contributed by atoms with Crippen LogP contribution in [0.4, 0.5) is 35.0 Å². The number of anilines is 3. The molecule has 2 N–H and O–H groups in total. The maximum atomic E-state index is 13.2. The van der Waals surface area contributed by atoms with Gasteiger partial charge in [-0.05, 0) is 37.1 Å². The van der Waals surface area contributed by atoms with E-state index in [4.69, 9.17) is 0 Å². The second-order valence-electron chi connectivity index (χ2n) is 7.58. The average Bonchev–Trinajstić information content (AvgIpc) is 3.32. The summed E-state index contributed by atoms with van der Waals surface area (Å²) in [6.07, 6.45) is -2.60. The van der Waals surface area contributed by atoms with Crippen molar-refractivity contribution in [2.45, 2.75) is 19.0 Å². The van der Waals surface area contributed by atoms with Gasteiger partial charge in [-0.25, -0.2) is 9.59 Å². The molecule has 3 aromatic rings. The Labute approximate surface area is 176 Å². The third kappa shape index (κ3) is 3.85. The summed E-state index contributed by atoms with van der Waals surface area (Å²) in [6, 6.07) is 7.52.